The highest BCUT2D eigenvalue weighted by Crippen LogP contribution is 2.30. The highest BCUT2D eigenvalue weighted by Gasteiger charge is 2.17. The molecule has 0 aliphatic carbocycles. The molecule has 0 bridgehead atoms. The molecule has 3 heterocycles. The zero-order chi connectivity index (χ0) is 14.8. The van der Waals surface area contributed by atoms with E-state index < -0.39 is 0 Å². The van der Waals surface area contributed by atoms with Crippen molar-refractivity contribution in [3.63, 3.8) is 0 Å². The van der Waals surface area contributed by atoms with Crippen LogP contribution in [0.4, 0.5) is 11.5 Å². The largest absolute Gasteiger partial charge is 0.370 e. The van der Waals surface area contributed by atoms with Crippen molar-refractivity contribution in [3.05, 3.63) is 30.5 Å². The van der Waals surface area contributed by atoms with Gasteiger partial charge in [-0.3, -0.25) is 0 Å². The number of fused-ring (bicyclic) bond motifs is 1. The van der Waals surface area contributed by atoms with Crippen LogP contribution >= 0.6 is 0 Å². The third kappa shape index (κ3) is 2.63. The fourth-order valence-electron chi connectivity index (χ4n) is 3.63. The van der Waals surface area contributed by atoms with Crippen molar-refractivity contribution < 1.29 is 0 Å². The summed E-state index contributed by atoms with van der Waals surface area (Å²) >= 11 is 0. The molecule has 2 aromatic rings. The van der Waals surface area contributed by atoms with Gasteiger partial charge in [0.15, 0.2) is 0 Å². The molecule has 0 radical (unpaired) electrons. The van der Waals surface area contributed by atoms with Gasteiger partial charge < -0.3 is 15.1 Å². The molecule has 1 N–H and O–H groups in total. The summed E-state index contributed by atoms with van der Waals surface area (Å²) in [5.74, 6) is 1.17. The van der Waals surface area contributed by atoms with Gasteiger partial charge >= 0.3 is 0 Å². The van der Waals surface area contributed by atoms with Crippen molar-refractivity contribution in [2.45, 2.75) is 19.3 Å². The van der Waals surface area contributed by atoms with Crippen molar-refractivity contribution in [1.82, 2.24) is 10.3 Å². The number of hydrogen-bond donors (Lipinski definition) is 1. The van der Waals surface area contributed by atoms with Crippen molar-refractivity contribution in [1.29, 1.82) is 0 Å². The van der Waals surface area contributed by atoms with Crippen LogP contribution in [0.1, 0.15) is 19.3 Å². The highest BCUT2D eigenvalue weighted by atomic mass is 15.2. The predicted octanol–water partition coefficient (Wildman–Crippen LogP) is 2.63. The van der Waals surface area contributed by atoms with Gasteiger partial charge in [-0.05, 0) is 55.5 Å². The molecular formula is C18H24N4. The van der Waals surface area contributed by atoms with Gasteiger partial charge in [0.25, 0.3) is 0 Å². The summed E-state index contributed by atoms with van der Waals surface area (Å²) in [6.45, 7) is 6.73. The Bertz CT molecular complexity index is 641. The minimum absolute atomic E-state index is 1.08. The van der Waals surface area contributed by atoms with Crippen LogP contribution in [0.2, 0.25) is 0 Å². The van der Waals surface area contributed by atoms with Crippen LogP contribution < -0.4 is 15.1 Å². The summed E-state index contributed by atoms with van der Waals surface area (Å²) in [6, 6.07) is 9.02. The van der Waals surface area contributed by atoms with Gasteiger partial charge in [-0.1, -0.05) is 0 Å². The zero-order valence-corrected chi connectivity index (χ0v) is 13.1. The van der Waals surface area contributed by atoms with Crippen LogP contribution in [-0.4, -0.2) is 44.3 Å². The summed E-state index contributed by atoms with van der Waals surface area (Å²) in [6.07, 6.45) is 5.75. The molecule has 2 saturated heterocycles. The Morgan fingerprint density at radius 1 is 0.864 bits per heavy atom. The first-order valence-corrected chi connectivity index (χ1v) is 8.51. The van der Waals surface area contributed by atoms with Gasteiger partial charge in [0.2, 0.25) is 0 Å². The van der Waals surface area contributed by atoms with Gasteiger partial charge in [0.05, 0.1) is 0 Å². The Labute approximate surface area is 132 Å². The second-order valence-electron chi connectivity index (χ2n) is 6.32. The van der Waals surface area contributed by atoms with E-state index in [4.69, 9.17) is 0 Å². The van der Waals surface area contributed by atoms with E-state index in [9.17, 15) is 0 Å². The Morgan fingerprint density at radius 3 is 2.64 bits per heavy atom. The Kier molecular flexibility index (Phi) is 3.85. The number of nitrogens with one attached hydrogen (secondary N) is 1. The summed E-state index contributed by atoms with van der Waals surface area (Å²) in [4.78, 5) is 9.57. The van der Waals surface area contributed by atoms with Crippen molar-refractivity contribution >= 4 is 22.3 Å². The first-order valence-electron chi connectivity index (χ1n) is 8.51. The molecule has 116 valence electrons. The lowest BCUT2D eigenvalue weighted by atomic mass is 10.1. The predicted molar refractivity (Wildman–Crippen MR) is 92.9 cm³/mol. The number of aromatic nitrogens is 1. The molecule has 0 amide bonds. The Balaban J connectivity index is 1.68. The smallest absolute Gasteiger partial charge is 0.136 e. The van der Waals surface area contributed by atoms with E-state index in [-0.39, 0.29) is 0 Å². The number of benzene rings is 1. The summed E-state index contributed by atoms with van der Waals surface area (Å²) in [7, 11) is 0. The number of nitrogens with zero attached hydrogens (tertiary/aromatic N) is 3. The molecule has 2 aliphatic rings. The normalized spacial score (nSPS) is 19.6. The molecule has 1 aromatic heterocycles. The number of anilines is 2. The average molecular weight is 296 g/mol. The molecule has 4 nitrogen and oxygen atoms in total. The van der Waals surface area contributed by atoms with E-state index in [1.165, 1.54) is 41.5 Å². The SMILES string of the molecule is c1cc2cc(N3CCCNCC3)ccc2c(N2CCCC2)n1. The molecule has 0 atom stereocenters. The van der Waals surface area contributed by atoms with E-state index in [1.807, 2.05) is 6.20 Å². The molecule has 2 aliphatic heterocycles. The summed E-state index contributed by atoms with van der Waals surface area (Å²) < 4.78 is 0. The lowest BCUT2D eigenvalue weighted by Crippen LogP contribution is -2.27. The molecule has 4 rings (SSSR count). The third-order valence-corrected chi connectivity index (χ3v) is 4.84. The molecule has 0 saturated carbocycles. The van der Waals surface area contributed by atoms with Crippen LogP contribution in [0.25, 0.3) is 10.8 Å². The van der Waals surface area contributed by atoms with Gasteiger partial charge in [-0.15, -0.1) is 0 Å². The lowest BCUT2D eigenvalue weighted by Gasteiger charge is -2.24. The molecule has 0 spiro atoms. The van der Waals surface area contributed by atoms with Crippen LogP contribution in [0.5, 0.6) is 0 Å². The van der Waals surface area contributed by atoms with Gasteiger partial charge in [-0.25, -0.2) is 4.98 Å². The second-order valence-corrected chi connectivity index (χ2v) is 6.32. The Hall–Kier alpha value is -1.81. The molecule has 0 unspecified atom stereocenters. The van der Waals surface area contributed by atoms with E-state index in [2.05, 4.69) is 44.4 Å². The molecule has 22 heavy (non-hydrogen) atoms. The van der Waals surface area contributed by atoms with Gasteiger partial charge in [0.1, 0.15) is 5.82 Å². The quantitative estimate of drug-likeness (QED) is 0.923. The Morgan fingerprint density at radius 2 is 1.73 bits per heavy atom. The fraction of sp³-hybridized carbons (Fsp3) is 0.500. The van der Waals surface area contributed by atoms with Crippen LogP contribution in [-0.2, 0) is 0 Å². The van der Waals surface area contributed by atoms with Crippen molar-refractivity contribution in [2.75, 3.05) is 49.1 Å². The maximum atomic E-state index is 4.65. The highest BCUT2D eigenvalue weighted by molar-refractivity contribution is 5.94. The lowest BCUT2D eigenvalue weighted by molar-refractivity contribution is 0.724. The molecule has 2 fully saturated rings. The van der Waals surface area contributed by atoms with E-state index >= 15 is 0 Å². The van der Waals surface area contributed by atoms with E-state index in [1.54, 1.807) is 0 Å². The van der Waals surface area contributed by atoms with E-state index in [0.29, 0.717) is 0 Å². The van der Waals surface area contributed by atoms with Crippen molar-refractivity contribution in [2.24, 2.45) is 0 Å². The van der Waals surface area contributed by atoms with Crippen LogP contribution in [0.3, 0.4) is 0 Å². The number of pyridine rings is 1. The first-order chi connectivity index (χ1) is 10.9. The van der Waals surface area contributed by atoms with Crippen molar-refractivity contribution in [3.8, 4) is 0 Å². The standard InChI is InChI=1S/C18H24N4/c1-2-11-22(10-1)18-17-5-4-16(14-15(17)6-8-20-18)21-12-3-7-19-9-13-21/h4-6,8,14,19H,1-3,7,9-13H2. The second kappa shape index (κ2) is 6.13. The topological polar surface area (TPSA) is 31.4 Å². The maximum Gasteiger partial charge on any atom is 0.136 e. The molecule has 1 aromatic carbocycles. The fourth-order valence-corrected chi connectivity index (χ4v) is 3.63. The minimum atomic E-state index is 1.08. The van der Waals surface area contributed by atoms with Crippen LogP contribution in [0.15, 0.2) is 30.5 Å². The summed E-state index contributed by atoms with van der Waals surface area (Å²) in [5, 5.41) is 6.08. The zero-order valence-electron chi connectivity index (χ0n) is 13.1. The average Bonchev–Trinajstić information content (AvgIpc) is 2.96. The summed E-state index contributed by atoms with van der Waals surface area (Å²) in [5.41, 5.74) is 1.34. The third-order valence-electron chi connectivity index (χ3n) is 4.84. The maximum absolute atomic E-state index is 4.65. The van der Waals surface area contributed by atoms with Gasteiger partial charge in [0, 0.05) is 50.0 Å². The van der Waals surface area contributed by atoms with Crippen LogP contribution in [0, 0.1) is 0 Å². The number of rotatable bonds is 2. The number of hydrogen-bond acceptors (Lipinski definition) is 4. The van der Waals surface area contributed by atoms with Gasteiger partial charge in [-0.2, -0.15) is 0 Å². The first kappa shape index (κ1) is 13.8. The molecular weight excluding hydrogens is 272 g/mol. The molecule has 4 heteroatoms. The van der Waals surface area contributed by atoms with E-state index in [0.717, 1.165) is 39.3 Å². The minimum Gasteiger partial charge on any atom is -0.370 e. The monoisotopic (exact) mass is 296 g/mol.